The molecule has 5 nitrogen and oxygen atoms in total. The molecule has 3 rings (SSSR count). The molecule has 0 saturated heterocycles. The highest BCUT2D eigenvalue weighted by Crippen LogP contribution is 2.45. The van der Waals surface area contributed by atoms with E-state index in [-0.39, 0.29) is 11.5 Å². The van der Waals surface area contributed by atoms with Gasteiger partial charge in [0.05, 0.1) is 11.5 Å². The Morgan fingerprint density at radius 2 is 1.96 bits per heavy atom. The maximum atomic E-state index is 13.2. The lowest BCUT2D eigenvalue weighted by molar-refractivity contribution is -0.0661. The lowest BCUT2D eigenvalue weighted by Crippen LogP contribution is -2.45. The number of rotatable bonds is 1. The number of nitriles is 1. The molecule has 3 atom stereocenters. The molecule has 0 amide bonds. The number of nitrogens with two attached hydrogens (primary N) is 1. The third-order valence-electron chi connectivity index (χ3n) is 3.78. The Morgan fingerprint density at radius 1 is 1.30 bits per heavy atom. The van der Waals surface area contributed by atoms with Crippen molar-refractivity contribution < 1.29 is 17.9 Å². The van der Waals surface area contributed by atoms with Gasteiger partial charge in [0.25, 0.3) is 0 Å². The summed E-state index contributed by atoms with van der Waals surface area (Å²) in [5.74, 6) is -2.34. The fourth-order valence-corrected chi connectivity index (χ4v) is 2.94. The van der Waals surface area contributed by atoms with E-state index in [4.69, 9.17) is 22.1 Å². The van der Waals surface area contributed by atoms with E-state index < -0.39 is 30.0 Å². The van der Waals surface area contributed by atoms with Crippen LogP contribution in [0.25, 0.3) is 0 Å². The van der Waals surface area contributed by atoms with Crippen LogP contribution in [0.4, 0.5) is 13.2 Å². The van der Waals surface area contributed by atoms with Gasteiger partial charge in [0.15, 0.2) is 11.9 Å². The molecule has 0 aliphatic carbocycles. The van der Waals surface area contributed by atoms with E-state index in [0.29, 0.717) is 10.6 Å². The summed E-state index contributed by atoms with van der Waals surface area (Å²) >= 11 is 5.82. The van der Waals surface area contributed by atoms with Crippen LogP contribution >= 0.6 is 11.6 Å². The Morgan fingerprint density at radius 3 is 2.52 bits per heavy atom. The molecule has 0 bridgehead atoms. The number of allylic oxidation sites excluding steroid dienone is 1. The van der Waals surface area contributed by atoms with Crippen molar-refractivity contribution in [1.29, 1.82) is 5.26 Å². The van der Waals surface area contributed by atoms with E-state index in [1.54, 1.807) is 24.3 Å². The molecule has 0 aromatic heterocycles. The van der Waals surface area contributed by atoms with Crippen LogP contribution in [0.5, 0.6) is 0 Å². The van der Waals surface area contributed by atoms with Gasteiger partial charge in [0, 0.05) is 10.9 Å². The number of hydrazone groups is 1. The van der Waals surface area contributed by atoms with Crippen molar-refractivity contribution in [3.63, 3.8) is 0 Å². The van der Waals surface area contributed by atoms with Crippen LogP contribution in [-0.4, -0.2) is 18.1 Å². The largest absolute Gasteiger partial charge is 0.453 e. The summed E-state index contributed by atoms with van der Waals surface area (Å²) in [4.78, 5) is 0. The third-order valence-corrected chi connectivity index (χ3v) is 4.04. The van der Waals surface area contributed by atoms with Crippen LogP contribution < -0.4 is 11.2 Å². The number of ether oxygens (including phenoxy) is 1. The van der Waals surface area contributed by atoms with E-state index in [9.17, 15) is 18.4 Å². The highest BCUT2D eigenvalue weighted by atomic mass is 35.5. The van der Waals surface area contributed by atoms with Crippen LogP contribution in [0.2, 0.25) is 5.02 Å². The van der Waals surface area contributed by atoms with Gasteiger partial charge in [-0.25, -0.2) is 0 Å². The number of alkyl halides is 3. The predicted octanol–water partition coefficient (Wildman–Crippen LogP) is 2.61. The van der Waals surface area contributed by atoms with Crippen LogP contribution in [0, 0.1) is 17.2 Å². The summed E-state index contributed by atoms with van der Waals surface area (Å²) in [5, 5.41) is 13.1. The van der Waals surface area contributed by atoms with Gasteiger partial charge in [-0.2, -0.15) is 23.5 Å². The summed E-state index contributed by atoms with van der Waals surface area (Å²) in [6.45, 7) is 0. The van der Waals surface area contributed by atoms with E-state index in [1.165, 1.54) is 0 Å². The molecule has 0 fully saturated rings. The minimum atomic E-state index is -4.65. The summed E-state index contributed by atoms with van der Waals surface area (Å²) in [6.07, 6.45) is -5.72. The van der Waals surface area contributed by atoms with Gasteiger partial charge < -0.3 is 10.5 Å². The van der Waals surface area contributed by atoms with Crippen molar-refractivity contribution in [3.8, 4) is 6.07 Å². The minimum absolute atomic E-state index is 0.0609. The molecule has 9 heteroatoms. The van der Waals surface area contributed by atoms with E-state index in [2.05, 4.69) is 10.5 Å². The topological polar surface area (TPSA) is 83.4 Å². The smallest absolute Gasteiger partial charge is 0.431 e. The average Bonchev–Trinajstić information content (AvgIpc) is 2.90. The SMILES string of the molecule is N#CC1=C(N)OC2NN=C(C(F)(F)F)C2C1c1ccc(Cl)cc1. The van der Waals surface area contributed by atoms with Gasteiger partial charge in [0.1, 0.15) is 6.07 Å². The Hall–Kier alpha value is -2.40. The van der Waals surface area contributed by atoms with Crippen molar-refractivity contribution >= 4 is 17.3 Å². The number of benzene rings is 1. The fraction of sp³-hybridized carbons (Fsp3) is 0.286. The molecular weight excluding hydrogens is 333 g/mol. The van der Waals surface area contributed by atoms with E-state index in [0.717, 1.165) is 0 Å². The number of fused-ring (bicyclic) bond motifs is 1. The van der Waals surface area contributed by atoms with Crippen LogP contribution in [0.15, 0.2) is 40.8 Å². The normalized spacial score (nSPS) is 26.7. The second kappa shape index (κ2) is 5.35. The molecule has 2 heterocycles. The van der Waals surface area contributed by atoms with Crippen molar-refractivity contribution in [2.45, 2.75) is 18.3 Å². The molecule has 2 aliphatic heterocycles. The zero-order valence-corrected chi connectivity index (χ0v) is 12.2. The molecule has 0 radical (unpaired) electrons. The van der Waals surface area contributed by atoms with E-state index in [1.807, 2.05) is 6.07 Å². The predicted molar refractivity (Wildman–Crippen MR) is 76.0 cm³/mol. The number of hydrogen-bond donors (Lipinski definition) is 2. The van der Waals surface area contributed by atoms with Gasteiger partial charge >= 0.3 is 6.18 Å². The Labute approximate surface area is 134 Å². The average molecular weight is 343 g/mol. The second-order valence-corrected chi connectivity index (χ2v) is 5.54. The Bertz CT molecular complexity index is 736. The van der Waals surface area contributed by atoms with Gasteiger partial charge in [0.2, 0.25) is 5.88 Å². The summed E-state index contributed by atoms with van der Waals surface area (Å²) in [5.41, 5.74) is 7.39. The molecular formula is C14H10ClF3N4O. The Kier molecular flexibility index (Phi) is 3.60. The van der Waals surface area contributed by atoms with Crippen molar-refractivity contribution in [2.24, 2.45) is 16.8 Å². The molecule has 0 spiro atoms. The maximum absolute atomic E-state index is 13.2. The molecule has 1 aromatic rings. The molecule has 120 valence electrons. The van der Waals surface area contributed by atoms with Crippen molar-refractivity contribution in [3.05, 3.63) is 46.3 Å². The lowest BCUT2D eigenvalue weighted by Gasteiger charge is -2.34. The maximum Gasteiger partial charge on any atom is 0.431 e. The summed E-state index contributed by atoms with van der Waals surface area (Å²) in [6, 6.07) is 8.05. The van der Waals surface area contributed by atoms with Crippen LogP contribution in [0.1, 0.15) is 11.5 Å². The van der Waals surface area contributed by atoms with Gasteiger partial charge in [-0.3, -0.25) is 5.43 Å². The van der Waals surface area contributed by atoms with Crippen LogP contribution in [0.3, 0.4) is 0 Å². The molecule has 3 N–H and O–H groups in total. The molecule has 3 unspecified atom stereocenters. The molecule has 2 aliphatic rings. The first-order valence-electron chi connectivity index (χ1n) is 6.55. The quantitative estimate of drug-likeness (QED) is 0.821. The zero-order chi connectivity index (χ0) is 16.8. The van der Waals surface area contributed by atoms with Crippen molar-refractivity contribution in [1.82, 2.24) is 5.43 Å². The highest BCUT2D eigenvalue weighted by Gasteiger charge is 2.55. The van der Waals surface area contributed by atoms with Gasteiger partial charge in [-0.1, -0.05) is 23.7 Å². The molecule has 0 saturated carbocycles. The highest BCUT2D eigenvalue weighted by molar-refractivity contribution is 6.30. The van der Waals surface area contributed by atoms with Gasteiger partial charge in [-0.05, 0) is 17.7 Å². The fourth-order valence-electron chi connectivity index (χ4n) is 2.82. The van der Waals surface area contributed by atoms with Crippen molar-refractivity contribution in [2.75, 3.05) is 0 Å². The number of halogens is 4. The zero-order valence-electron chi connectivity index (χ0n) is 11.4. The molecule has 23 heavy (non-hydrogen) atoms. The number of nitrogens with one attached hydrogen (secondary N) is 1. The standard InChI is InChI=1S/C14H10ClF3N4O/c15-7-3-1-6(2-4-7)9-8(5-19)12(20)23-13-10(9)11(21-22-13)14(16,17)18/h1-4,9-10,13,22H,20H2. The summed E-state index contributed by atoms with van der Waals surface area (Å²) < 4.78 is 44.9. The first kappa shape index (κ1) is 15.5. The first-order valence-corrected chi connectivity index (χ1v) is 6.93. The van der Waals surface area contributed by atoms with E-state index >= 15 is 0 Å². The number of nitrogens with zero attached hydrogens (tertiary/aromatic N) is 2. The van der Waals surface area contributed by atoms with Crippen LogP contribution in [-0.2, 0) is 4.74 Å². The lowest BCUT2D eigenvalue weighted by atomic mass is 9.76. The second-order valence-electron chi connectivity index (χ2n) is 5.11. The number of hydrogen-bond acceptors (Lipinski definition) is 5. The van der Waals surface area contributed by atoms with Gasteiger partial charge in [-0.15, -0.1) is 0 Å². The monoisotopic (exact) mass is 342 g/mol. The Balaban J connectivity index is 2.13. The summed E-state index contributed by atoms with van der Waals surface area (Å²) in [7, 11) is 0. The first-order chi connectivity index (χ1) is 10.8. The molecule has 1 aromatic carbocycles. The third kappa shape index (κ3) is 2.57. The minimum Gasteiger partial charge on any atom is -0.453 e.